The summed E-state index contributed by atoms with van der Waals surface area (Å²) in [6.45, 7) is 3.19. The Hall–Kier alpha value is -0.570. The van der Waals surface area contributed by atoms with E-state index < -0.39 is 0 Å². The minimum atomic E-state index is 0.111. The summed E-state index contributed by atoms with van der Waals surface area (Å²) < 4.78 is 0. The standard InChI is InChI=1S/C15H26N2O/c1-2-5-13-15(18)17(10-11-8-9-11)14(16-13)12-6-3-4-7-12/h11-14,16H,2-10H2,1H3. The quantitative estimate of drug-likeness (QED) is 0.813. The zero-order chi connectivity index (χ0) is 12.5. The molecule has 1 aliphatic heterocycles. The Morgan fingerprint density at radius 2 is 1.94 bits per heavy atom. The minimum Gasteiger partial charge on any atom is -0.325 e. The van der Waals surface area contributed by atoms with Crippen LogP contribution in [0.1, 0.15) is 58.3 Å². The number of carbonyl (C=O) groups is 1. The lowest BCUT2D eigenvalue weighted by Crippen LogP contribution is -2.43. The topological polar surface area (TPSA) is 32.3 Å². The Morgan fingerprint density at radius 1 is 1.22 bits per heavy atom. The molecule has 0 spiro atoms. The van der Waals surface area contributed by atoms with Crippen LogP contribution in [0, 0.1) is 11.8 Å². The van der Waals surface area contributed by atoms with Gasteiger partial charge in [0.15, 0.2) is 0 Å². The van der Waals surface area contributed by atoms with E-state index in [1.165, 1.54) is 38.5 Å². The molecule has 102 valence electrons. The number of rotatable bonds is 5. The fraction of sp³-hybridized carbons (Fsp3) is 0.933. The molecule has 1 heterocycles. The maximum absolute atomic E-state index is 12.5. The Kier molecular flexibility index (Phi) is 3.60. The fourth-order valence-electron chi connectivity index (χ4n) is 3.65. The first-order valence-electron chi connectivity index (χ1n) is 7.86. The molecule has 3 aliphatic rings. The predicted molar refractivity (Wildman–Crippen MR) is 72.0 cm³/mol. The van der Waals surface area contributed by atoms with Crippen molar-refractivity contribution in [3.8, 4) is 0 Å². The van der Waals surface area contributed by atoms with Gasteiger partial charge in [-0.15, -0.1) is 0 Å². The van der Waals surface area contributed by atoms with E-state index in [2.05, 4.69) is 17.1 Å². The van der Waals surface area contributed by atoms with Crippen LogP contribution >= 0.6 is 0 Å². The molecule has 2 unspecified atom stereocenters. The lowest BCUT2D eigenvalue weighted by atomic mass is 10.0. The Bertz CT molecular complexity index is 308. The molecule has 3 nitrogen and oxygen atoms in total. The van der Waals surface area contributed by atoms with Crippen molar-refractivity contribution in [1.29, 1.82) is 0 Å². The van der Waals surface area contributed by atoms with Crippen LogP contribution in [0.5, 0.6) is 0 Å². The summed E-state index contributed by atoms with van der Waals surface area (Å²) in [5, 5.41) is 3.64. The van der Waals surface area contributed by atoms with E-state index in [4.69, 9.17) is 0 Å². The van der Waals surface area contributed by atoms with E-state index in [0.29, 0.717) is 12.1 Å². The van der Waals surface area contributed by atoms with Crippen molar-refractivity contribution in [2.45, 2.75) is 70.5 Å². The highest BCUT2D eigenvalue weighted by Crippen LogP contribution is 2.36. The molecule has 3 fully saturated rings. The van der Waals surface area contributed by atoms with Crippen molar-refractivity contribution >= 4 is 5.91 Å². The third-order valence-corrected chi connectivity index (χ3v) is 4.86. The van der Waals surface area contributed by atoms with Crippen molar-refractivity contribution in [2.24, 2.45) is 11.8 Å². The first-order chi connectivity index (χ1) is 8.79. The SMILES string of the molecule is CCCC1NC(C2CCCC2)N(CC2CC2)C1=O. The van der Waals surface area contributed by atoms with Gasteiger partial charge < -0.3 is 4.90 Å². The minimum absolute atomic E-state index is 0.111. The molecule has 0 aromatic heterocycles. The molecule has 2 saturated carbocycles. The summed E-state index contributed by atoms with van der Waals surface area (Å²) in [6.07, 6.45) is 10.5. The summed E-state index contributed by atoms with van der Waals surface area (Å²) >= 11 is 0. The van der Waals surface area contributed by atoms with Gasteiger partial charge >= 0.3 is 0 Å². The monoisotopic (exact) mass is 250 g/mol. The maximum Gasteiger partial charge on any atom is 0.241 e. The van der Waals surface area contributed by atoms with Gasteiger partial charge in [0.05, 0.1) is 12.2 Å². The molecule has 18 heavy (non-hydrogen) atoms. The van der Waals surface area contributed by atoms with Crippen LogP contribution in [0.25, 0.3) is 0 Å². The van der Waals surface area contributed by atoms with Gasteiger partial charge in [-0.2, -0.15) is 0 Å². The lowest BCUT2D eigenvalue weighted by molar-refractivity contribution is -0.131. The number of hydrogen-bond donors (Lipinski definition) is 1. The normalized spacial score (nSPS) is 33.6. The number of nitrogens with one attached hydrogen (secondary N) is 1. The van der Waals surface area contributed by atoms with E-state index in [-0.39, 0.29) is 6.04 Å². The van der Waals surface area contributed by atoms with Crippen LogP contribution in [0.2, 0.25) is 0 Å². The van der Waals surface area contributed by atoms with Crippen LogP contribution in [0.15, 0.2) is 0 Å². The second-order valence-corrected chi connectivity index (χ2v) is 6.43. The number of amides is 1. The van der Waals surface area contributed by atoms with Gasteiger partial charge in [0.1, 0.15) is 0 Å². The molecule has 1 N–H and O–H groups in total. The van der Waals surface area contributed by atoms with Crippen LogP contribution in [-0.2, 0) is 4.79 Å². The number of carbonyl (C=O) groups excluding carboxylic acids is 1. The van der Waals surface area contributed by atoms with Gasteiger partial charge in [0.2, 0.25) is 5.91 Å². The summed E-state index contributed by atoms with van der Waals surface area (Å²) in [5.41, 5.74) is 0. The highest BCUT2D eigenvalue weighted by Gasteiger charge is 2.44. The number of hydrogen-bond acceptors (Lipinski definition) is 2. The molecule has 1 amide bonds. The average molecular weight is 250 g/mol. The van der Waals surface area contributed by atoms with E-state index in [1.807, 2.05) is 0 Å². The first kappa shape index (κ1) is 12.5. The zero-order valence-electron chi connectivity index (χ0n) is 11.5. The molecule has 0 radical (unpaired) electrons. The van der Waals surface area contributed by atoms with Crippen LogP contribution < -0.4 is 5.32 Å². The highest BCUT2D eigenvalue weighted by atomic mass is 16.2. The highest BCUT2D eigenvalue weighted by molar-refractivity contribution is 5.84. The second kappa shape index (κ2) is 5.20. The lowest BCUT2D eigenvalue weighted by Gasteiger charge is -2.29. The molecule has 3 heteroatoms. The Balaban J connectivity index is 1.69. The van der Waals surface area contributed by atoms with Crippen molar-refractivity contribution in [2.75, 3.05) is 6.54 Å². The van der Waals surface area contributed by atoms with Gasteiger partial charge in [0.25, 0.3) is 0 Å². The second-order valence-electron chi connectivity index (χ2n) is 6.43. The van der Waals surface area contributed by atoms with Crippen molar-refractivity contribution in [1.82, 2.24) is 10.2 Å². The van der Waals surface area contributed by atoms with Crippen LogP contribution in [0.3, 0.4) is 0 Å². The Morgan fingerprint density at radius 3 is 2.56 bits per heavy atom. The van der Waals surface area contributed by atoms with Gasteiger partial charge in [-0.25, -0.2) is 0 Å². The van der Waals surface area contributed by atoms with Crippen molar-refractivity contribution in [3.63, 3.8) is 0 Å². The summed E-state index contributed by atoms with van der Waals surface area (Å²) in [5.74, 6) is 1.91. The summed E-state index contributed by atoms with van der Waals surface area (Å²) in [4.78, 5) is 14.7. The molecular weight excluding hydrogens is 224 g/mol. The average Bonchev–Trinajstić information content (AvgIpc) is 2.91. The zero-order valence-corrected chi connectivity index (χ0v) is 11.5. The molecule has 3 rings (SSSR count). The maximum atomic E-state index is 12.5. The first-order valence-corrected chi connectivity index (χ1v) is 7.86. The third kappa shape index (κ3) is 2.42. The molecule has 2 atom stereocenters. The third-order valence-electron chi connectivity index (χ3n) is 4.86. The fourth-order valence-corrected chi connectivity index (χ4v) is 3.65. The molecule has 2 aliphatic carbocycles. The van der Waals surface area contributed by atoms with Crippen LogP contribution in [-0.4, -0.2) is 29.6 Å². The van der Waals surface area contributed by atoms with E-state index in [1.54, 1.807) is 0 Å². The molecule has 0 bridgehead atoms. The summed E-state index contributed by atoms with van der Waals surface area (Å²) in [7, 11) is 0. The smallest absolute Gasteiger partial charge is 0.241 e. The van der Waals surface area contributed by atoms with Gasteiger partial charge in [-0.05, 0) is 43.9 Å². The largest absolute Gasteiger partial charge is 0.325 e. The molecule has 1 saturated heterocycles. The molecule has 0 aromatic carbocycles. The van der Waals surface area contributed by atoms with Crippen molar-refractivity contribution in [3.05, 3.63) is 0 Å². The van der Waals surface area contributed by atoms with Gasteiger partial charge in [0, 0.05) is 6.54 Å². The predicted octanol–water partition coefficient (Wildman–Crippen LogP) is 2.51. The summed E-state index contributed by atoms with van der Waals surface area (Å²) in [6, 6.07) is 0.111. The Labute approximate surface area is 110 Å². The van der Waals surface area contributed by atoms with E-state index in [0.717, 1.165) is 31.2 Å². The molecular formula is C15H26N2O. The van der Waals surface area contributed by atoms with Gasteiger partial charge in [-0.3, -0.25) is 10.1 Å². The van der Waals surface area contributed by atoms with Crippen molar-refractivity contribution < 1.29 is 4.79 Å². The van der Waals surface area contributed by atoms with Crippen LogP contribution in [0.4, 0.5) is 0 Å². The van der Waals surface area contributed by atoms with E-state index in [9.17, 15) is 4.79 Å². The number of nitrogens with zero attached hydrogens (tertiary/aromatic N) is 1. The molecule has 0 aromatic rings. The van der Waals surface area contributed by atoms with E-state index >= 15 is 0 Å². The van der Waals surface area contributed by atoms with Gasteiger partial charge in [-0.1, -0.05) is 26.2 Å².